The first-order valence-corrected chi connectivity index (χ1v) is 7.81. The number of amides is 1. The molecule has 7 nitrogen and oxygen atoms in total. The van der Waals surface area contributed by atoms with Gasteiger partial charge in [-0.2, -0.15) is 10.2 Å². The fourth-order valence-corrected chi connectivity index (χ4v) is 3.21. The second-order valence-corrected chi connectivity index (χ2v) is 5.89. The molecule has 0 radical (unpaired) electrons. The maximum Gasteiger partial charge on any atom is 0.244 e. The van der Waals surface area contributed by atoms with Crippen LogP contribution < -0.4 is 0 Å². The van der Waals surface area contributed by atoms with E-state index in [9.17, 15) is 4.79 Å². The molecular weight excluding hydrogens is 292 g/mol. The summed E-state index contributed by atoms with van der Waals surface area (Å²) in [4.78, 5) is 19.0. The number of nitrogens with one attached hydrogen (secondary N) is 1. The zero-order valence-corrected chi connectivity index (χ0v) is 12.9. The number of aryl methyl sites for hydroxylation is 1. The van der Waals surface area contributed by atoms with Crippen LogP contribution in [0.1, 0.15) is 30.5 Å². The third-order valence-electron chi connectivity index (χ3n) is 4.32. The van der Waals surface area contributed by atoms with Gasteiger partial charge in [0.15, 0.2) is 5.82 Å². The molecule has 4 rings (SSSR count). The summed E-state index contributed by atoms with van der Waals surface area (Å²) in [5, 5.41) is 12.5. The van der Waals surface area contributed by atoms with Crippen LogP contribution in [0.5, 0.6) is 0 Å². The first kappa shape index (κ1) is 13.9. The quantitative estimate of drug-likeness (QED) is 0.800. The Labute approximate surface area is 133 Å². The second-order valence-electron chi connectivity index (χ2n) is 5.89. The number of hydrogen-bond acceptors (Lipinski definition) is 4. The molecule has 1 aliphatic rings. The molecule has 1 fully saturated rings. The van der Waals surface area contributed by atoms with Gasteiger partial charge in [0.2, 0.25) is 5.91 Å². The van der Waals surface area contributed by atoms with Crippen molar-refractivity contribution in [3.63, 3.8) is 0 Å². The van der Waals surface area contributed by atoms with E-state index >= 15 is 0 Å². The summed E-state index contributed by atoms with van der Waals surface area (Å²) in [6.07, 6.45) is 3.68. The molecule has 0 bridgehead atoms. The number of likely N-dealkylation sites (tertiary alicyclic amines) is 1. The number of hydrogen-bond donors (Lipinski definition) is 1. The Bertz CT molecular complexity index is 851. The van der Waals surface area contributed by atoms with Gasteiger partial charge in [-0.15, -0.1) is 0 Å². The highest BCUT2D eigenvalue weighted by Crippen LogP contribution is 2.30. The molecule has 118 valence electrons. The number of nitrogens with zero attached hydrogens (tertiary/aromatic N) is 5. The summed E-state index contributed by atoms with van der Waals surface area (Å²) in [5.41, 5.74) is 0.977. The Morgan fingerprint density at radius 2 is 2.26 bits per heavy atom. The van der Waals surface area contributed by atoms with Gasteiger partial charge in [0.05, 0.1) is 17.8 Å². The molecule has 1 saturated heterocycles. The minimum atomic E-state index is -0.0331. The van der Waals surface area contributed by atoms with E-state index in [1.165, 1.54) is 0 Å². The predicted octanol–water partition coefficient (Wildman–Crippen LogP) is 1.83. The van der Waals surface area contributed by atoms with Crippen molar-refractivity contribution in [2.24, 2.45) is 0 Å². The standard InChI is InChI=1S/C16H18N6O/c1-11-18-16(20-19-11)14-7-4-8-21(14)15(23)10-22-13-6-3-2-5-12(13)9-17-22/h2-3,5-6,9,14H,4,7-8,10H2,1H3,(H,18,19,20)/t14-/m1/s1. The first-order chi connectivity index (χ1) is 11.2. The molecule has 0 aliphatic carbocycles. The third-order valence-corrected chi connectivity index (χ3v) is 4.32. The number of para-hydroxylation sites is 1. The molecule has 2 aromatic heterocycles. The van der Waals surface area contributed by atoms with Gasteiger partial charge in [-0.3, -0.25) is 14.6 Å². The molecule has 1 amide bonds. The zero-order valence-electron chi connectivity index (χ0n) is 12.9. The Balaban J connectivity index is 1.56. The number of aromatic nitrogens is 5. The molecule has 0 spiro atoms. The van der Waals surface area contributed by atoms with E-state index in [1.807, 2.05) is 36.1 Å². The summed E-state index contributed by atoms with van der Waals surface area (Å²) in [6, 6.07) is 7.88. The maximum atomic E-state index is 12.7. The van der Waals surface area contributed by atoms with Crippen LogP contribution in [0, 0.1) is 6.92 Å². The van der Waals surface area contributed by atoms with Crippen molar-refractivity contribution < 1.29 is 4.79 Å². The van der Waals surface area contributed by atoms with Crippen LogP contribution in [0.25, 0.3) is 10.9 Å². The van der Waals surface area contributed by atoms with Crippen LogP contribution >= 0.6 is 0 Å². The number of benzene rings is 1. The van der Waals surface area contributed by atoms with Crippen LogP contribution in [0.3, 0.4) is 0 Å². The normalized spacial score (nSPS) is 18.0. The molecular formula is C16H18N6O. The fraction of sp³-hybridized carbons (Fsp3) is 0.375. The molecule has 1 N–H and O–H groups in total. The Kier molecular flexibility index (Phi) is 3.33. The highest BCUT2D eigenvalue weighted by atomic mass is 16.2. The molecule has 3 aromatic rings. The van der Waals surface area contributed by atoms with Crippen molar-refractivity contribution in [2.45, 2.75) is 32.4 Å². The van der Waals surface area contributed by atoms with E-state index in [1.54, 1.807) is 10.9 Å². The molecule has 23 heavy (non-hydrogen) atoms. The van der Waals surface area contributed by atoms with Crippen molar-refractivity contribution in [2.75, 3.05) is 6.54 Å². The van der Waals surface area contributed by atoms with E-state index in [4.69, 9.17) is 0 Å². The van der Waals surface area contributed by atoms with Crippen molar-refractivity contribution in [3.8, 4) is 0 Å². The van der Waals surface area contributed by atoms with Crippen LogP contribution in [0.4, 0.5) is 0 Å². The lowest BCUT2D eigenvalue weighted by atomic mass is 10.2. The molecule has 1 atom stereocenters. The van der Waals surface area contributed by atoms with Crippen LogP contribution in [0.2, 0.25) is 0 Å². The number of carbonyl (C=O) groups excluding carboxylic acids is 1. The summed E-state index contributed by atoms with van der Waals surface area (Å²) in [7, 11) is 0. The minimum absolute atomic E-state index is 0.0331. The molecule has 1 aromatic carbocycles. The average Bonchev–Trinajstić information content (AvgIpc) is 3.26. The van der Waals surface area contributed by atoms with E-state index in [0.29, 0.717) is 5.82 Å². The molecule has 1 aliphatic heterocycles. The van der Waals surface area contributed by atoms with E-state index in [2.05, 4.69) is 20.3 Å². The fourth-order valence-electron chi connectivity index (χ4n) is 3.21. The molecule has 7 heteroatoms. The van der Waals surface area contributed by atoms with Gasteiger partial charge < -0.3 is 4.90 Å². The lowest BCUT2D eigenvalue weighted by Crippen LogP contribution is -2.34. The highest BCUT2D eigenvalue weighted by Gasteiger charge is 2.32. The largest absolute Gasteiger partial charge is 0.331 e. The smallest absolute Gasteiger partial charge is 0.244 e. The van der Waals surface area contributed by atoms with Crippen molar-refractivity contribution in [1.82, 2.24) is 29.9 Å². The van der Waals surface area contributed by atoms with Gasteiger partial charge in [-0.05, 0) is 25.8 Å². The molecule has 3 heterocycles. The summed E-state index contributed by atoms with van der Waals surface area (Å²) in [6.45, 7) is 2.86. The summed E-state index contributed by atoms with van der Waals surface area (Å²) in [5.74, 6) is 1.54. The van der Waals surface area contributed by atoms with Gasteiger partial charge in [0.1, 0.15) is 12.4 Å². The Morgan fingerprint density at radius 1 is 1.39 bits per heavy atom. The van der Waals surface area contributed by atoms with Gasteiger partial charge in [-0.25, -0.2) is 4.98 Å². The van der Waals surface area contributed by atoms with Crippen LogP contribution in [-0.4, -0.2) is 42.3 Å². The first-order valence-electron chi connectivity index (χ1n) is 7.81. The average molecular weight is 310 g/mol. The summed E-state index contributed by atoms with van der Waals surface area (Å²) < 4.78 is 1.76. The van der Waals surface area contributed by atoms with Gasteiger partial charge >= 0.3 is 0 Å². The van der Waals surface area contributed by atoms with Gasteiger partial charge in [0.25, 0.3) is 0 Å². The number of H-pyrrole nitrogens is 1. The molecule has 0 saturated carbocycles. The number of aromatic amines is 1. The SMILES string of the molecule is Cc1nc([C@H]2CCCN2C(=O)Cn2ncc3ccccc32)n[nH]1. The lowest BCUT2D eigenvalue weighted by molar-refractivity contribution is -0.133. The van der Waals surface area contributed by atoms with E-state index in [0.717, 1.165) is 36.1 Å². The minimum Gasteiger partial charge on any atom is -0.331 e. The topological polar surface area (TPSA) is 79.7 Å². The number of fused-ring (bicyclic) bond motifs is 1. The number of rotatable bonds is 3. The van der Waals surface area contributed by atoms with Crippen molar-refractivity contribution in [3.05, 3.63) is 42.1 Å². The Morgan fingerprint density at radius 3 is 3.09 bits per heavy atom. The van der Waals surface area contributed by atoms with Crippen molar-refractivity contribution >= 4 is 16.8 Å². The van der Waals surface area contributed by atoms with Gasteiger partial charge in [0, 0.05) is 11.9 Å². The van der Waals surface area contributed by atoms with E-state index in [-0.39, 0.29) is 18.5 Å². The Hall–Kier alpha value is -2.70. The van der Waals surface area contributed by atoms with E-state index < -0.39 is 0 Å². The second kappa shape index (κ2) is 5.49. The van der Waals surface area contributed by atoms with Crippen molar-refractivity contribution in [1.29, 1.82) is 0 Å². The summed E-state index contributed by atoms with van der Waals surface area (Å²) >= 11 is 0. The highest BCUT2D eigenvalue weighted by molar-refractivity contribution is 5.82. The predicted molar refractivity (Wildman–Crippen MR) is 84.5 cm³/mol. The third kappa shape index (κ3) is 2.48. The monoisotopic (exact) mass is 310 g/mol. The zero-order chi connectivity index (χ0) is 15.8. The van der Waals surface area contributed by atoms with Crippen LogP contribution in [0.15, 0.2) is 30.5 Å². The van der Waals surface area contributed by atoms with Crippen LogP contribution in [-0.2, 0) is 11.3 Å². The lowest BCUT2D eigenvalue weighted by Gasteiger charge is -2.22. The number of carbonyl (C=O) groups is 1. The molecule has 0 unspecified atom stereocenters. The van der Waals surface area contributed by atoms with Gasteiger partial charge in [-0.1, -0.05) is 18.2 Å². The maximum absolute atomic E-state index is 12.7.